The van der Waals surface area contributed by atoms with Crippen LogP contribution in [0, 0.1) is 10.1 Å². The molecule has 1 amide bonds. The molecule has 1 N–H and O–H groups in total. The number of carbonyl (C=O) groups is 1. The number of benzene rings is 2. The zero-order valence-corrected chi connectivity index (χ0v) is 13.8. The molecule has 126 valence electrons. The first-order chi connectivity index (χ1) is 12.0. The SMILES string of the molecule is O=C(Cn1cc(/C=C\[N+](=O)[O-])c2ccccc21)Nc1ccc(Cl)cc1. The van der Waals surface area contributed by atoms with Crippen LogP contribution in [-0.2, 0) is 11.3 Å². The molecule has 6 nitrogen and oxygen atoms in total. The van der Waals surface area contributed by atoms with Gasteiger partial charge in [0.2, 0.25) is 12.1 Å². The fourth-order valence-corrected chi connectivity index (χ4v) is 2.69. The molecular formula is C18H14ClN3O3. The maximum absolute atomic E-state index is 12.3. The number of para-hydroxylation sites is 1. The zero-order chi connectivity index (χ0) is 17.8. The Kier molecular flexibility index (Phi) is 4.81. The maximum Gasteiger partial charge on any atom is 0.244 e. The van der Waals surface area contributed by atoms with Gasteiger partial charge in [-0.05, 0) is 30.3 Å². The number of anilines is 1. The number of aromatic nitrogens is 1. The van der Waals surface area contributed by atoms with Gasteiger partial charge >= 0.3 is 0 Å². The predicted octanol–water partition coefficient (Wildman–Crippen LogP) is 4.18. The molecule has 3 rings (SSSR count). The lowest BCUT2D eigenvalue weighted by Gasteiger charge is -2.07. The van der Waals surface area contributed by atoms with Gasteiger partial charge in [-0.25, -0.2) is 0 Å². The van der Waals surface area contributed by atoms with Gasteiger partial charge in [-0.2, -0.15) is 0 Å². The van der Waals surface area contributed by atoms with Crippen molar-refractivity contribution < 1.29 is 9.72 Å². The van der Waals surface area contributed by atoms with Gasteiger partial charge in [-0.1, -0.05) is 29.8 Å². The maximum atomic E-state index is 12.3. The van der Waals surface area contributed by atoms with Gasteiger partial charge in [-0.3, -0.25) is 14.9 Å². The average Bonchev–Trinajstić information content (AvgIpc) is 2.93. The summed E-state index contributed by atoms with van der Waals surface area (Å²) < 4.78 is 1.76. The third-order valence-electron chi connectivity index (χ3n) is 3.64. The Morgan fingerprint density at radius 3 is 2.64 bits per heavy atom. The number of amides is 1. The van der Waals surface area contributed by atoms with Crippen LogP contribution in [0.1, 0.15) is 5.56 Å². The van der Waals surface area contributed by atoms with Crippen LogP contribution in [0.2, 0.25) is 5.02 Å². The molecule has 0 atom stereocenters. The van der Waals surface area contributed by atoms with E-state index < -0.39 is 4.92 Å². The number of hydrogen-bond donors (Lipinski definition) is 1. The number of rotatable bonds is 5. The predicted molar refractivity (Wildman–Crippen MR) is 98.0 cm³/mol. The van der Waals surface area contributed by atoms with Gasteiger partial charge < -0.3 is 9.88 Å². The Labute approximate surface area is 148 Å². The third kappa shape index (κ3) is 4.05. The number of fused-ring (bicyclic) bond motifs is 1. The Bertz CT molecular complexity index is 961. The van der Waals surface area contributed by atoms with Crippen molar-refractivity contribution in [1.82, 2.24) is 4.57 Å². The summed E-state index contributed by atoms with van der Waals surface area (Å²) in [6.45, 7) is 0.0927. The van der Waals surface area contributed by atoms with Crippen LogP contribution in [0.3, 0.4) is 0 Å². The minimum absolute atomic E-state index is 0.0927. The third-order valence-corrected chi connectivity index (χ3v) is 3.89. The quantitative estimate of drug-likeness (QED) is 0.551. The number of halogens is 1. The van der Waals surface area contributed by atoms with Gasteiger partial charge in [0.1, 0.15) is 6.54 Å². The van der Waals surface area contributed by atoms with Crippen molar-refractivity contribution in [2.45, 2.75) is 6.54 Å². The molecule has 7 heteroatoms. The molecule has 2 aromatic carbocycles. The highest BCUT2D eigenvalue weighted by Gasteiger charge is 2.10. The number of nitrogens with zero attached hydrogens (tertiary/aromatic N) is 2. The fourth-order valence-electron chi connectivity index (χ4n) is 2.57. The van der Waals surface area contributed by atoms with Gasteiger partial charge in [0, 0.05) is 39.4 Å². The number of hydrogen-bond acceptors (Lipinski definition) is 3. The molecule has 0 saturated heterocycles. The topological polar surface area (TPSA) is 77.2 Å². The summed E-state index contributed by atoms with van der Waals surface area (Å²) in [5.41, 5.74) is 2.17. The number of nitrogens with one attached hydrogen (secondary N) is 1. The molecular weight excluding hydrogens is 342 g/mol. The first-order valence-corrected chi connectivity index (χ1v) is 7.86. The highest BCUT2D eigenvalue weighted by molar-refractivity contribution is 6.30. The van der Waals surface area contributed by atoms with Crippen molar-refractivity contribution in [2.75, 3.05) is 5.32 Å². The monoisotopic (exact) mass is 355 g/mol. The summed E-state index contributed by atoms with van der Waals surface area (Å²) in [5, 5.41) is 14.8. The Morgan fingerprint density at radius 1 is 1.20 bits per heavy atom. The van der Waals surface area contributed by atoms with Crippen LogP contribution < -0.4 is 5.32 Å². The molecule has 0 aliphatic heterocycles. The largest absolute Gasteiger partial charge is 0.337 e. The van der Waals surface area contributed by atoms with Crippen LogP contribution in [0.4, 0.5) is 5.69 Å². The summed E-state index contributed by atoms with van der Waals surface area (Å²) in [6.07, 6.45) is 4.04. The summed E-state index contributed by atoms with van der Waals surface area (Å²) in [5.74, 6) is -0.201. The van der Waals surface area contributed by atoms with Gasteiger partial charge in [0.15, 0.2) is 0 Å². The van der Waals surface area contributed by atoms with Gasteiger partial charge in [0.25, 0.3) is 0 Å². The first kappa shape index (κ1) is 16.7. The Balaban J connectivity index is 1.84. The van der Waals surface area contributed by atoms with E-state index in [9.17, 15) is 14.9 Å². The van der Waals surface area contributed by atoms with Crippen LogP contribution >= 0.6 is 11.6 Å². The van der Waals surface area contributed by atoms with Crippen molar-refractivity contribution in [3.8, 4) is 0 Å². The molecule has 0 fully saturated rings. The fraction of sp³-hybridized carbons (Fsp3) is 0.0556. The lowest BCUT2D eigenvalue weighted by molar-refractivity contribution is -0.400. The summed E-state index contributed by atoms with van der Waals surface area (Å²) in [7, 11) is 0. The molecule has 0 unspecified atom stereocenters. The van der Waals surface area contributed by atoms with Crippen molar-refractivity contribution in [1.29, 1.82) is 0 Å². The minimum Gasteiger partial charge on any atom is -0.337 e. The van der Waals surface area contributed by atoms with Crippen LogP contribution in [-0.4, -0.2) is 15.4 Å². The summed E-state index contributed by atoms with van der Waals surface area (Å²) in [6, 6.07) is 14.3. The molecule has 25 heavy (non-hydrogen) atoms. The smallest absolute Gasteiger partial charge is 0.244 e. The van der Waals surface area contributed by atoms with Crippen LogP contribution in [0.5, 0.6) is 0 Å². The number of carbonyl (C=O) groups excluding carboxylic acids is 1. The van der Waals surface area contributed by atoms with Crippen molar-refractivity contribution in [2.24, 2.45) is 0 Å². The molecule has 0 aliphatic carbocycles. The average molecular weight is 356 g/mol. The molecule has 1 heterocycles. The van der Waals surface area contributed by atoms with Crippen molar-refractivity contribution in [3.63, 3.8) is 0 Å². The molecule has 0 saturated carbocycles. The highest BCUT2D eigenvalue weighted by atomic mass is 35.5. The lowest BCUT2D eigenvalue weighted by Crippen LogP contribution is -2.18. The van der Waals surface area contributed by atoms with E-state index in [0.29, 0.717) is 16.3 Å². The molecule has 0 bridgehead atoms. The molecule has 0 radical (unpaired) electrons. The summed E-state index contributed by atoms with van der Waals surface area (Å²) >= 11 is 5.83. The van der Waals surface area contributed by atoms with E-state index in [-0.39, 0.29) is 12.5 Å². The zero-order valence-electron chi connectivity index (χ0n) is 13.1. The molecule has 0 spiro atoms. The molecule has 0 aliphatic rings. The Morgan fingerprint density at radius 2 is 1.92 bits per heavy atom. The van der Waals surface area contributed by atoms with E-state index in [2.05, 4.69) is 5.32 Å². The van der Waals surface area contributed by atoms with E-state index >= 15 is 0 Å². The normalized spacial score (nSPS) is 11.1. The first-order valence-electron chi connectivity index (χ1n) is 7.48. The molecule has 3 aromatic rings. The van der Waals surface area contributed by atoms with E-state index in [4.69, 9.17) is 11.6 Å². The minimum atomic E-state index is -0.515. The van der Waals surface area contributed by atoms with Crippen molar-refractivity contribution >= 4 is 40.2 Å². The second-order valence-corrected chi connectivity index (χ2v) is 5.82. The number of nitro groups is 1. The highest BCUT2D eigenvalue weighted by Crippen LogP contribution is 2.23. The lowest BCUT2D eigenvalue weighted by atomic mass is 10.2. The standard InChI is InChI=1S/C18H14ClN3O3/c19-14-5-7-15(8-6-14)20-18(23)12-21-11-13(9-10-22(24)25)16-3-1-2-4-17(16)21/h1-11H,12H2,(H,20,23)/b10-9-. The van der Waals surface area contributed by atoms with Gasteiger partial charge in [0.05, 0.1) is 4.92 Å². The van der Waals surface area contributed by atoms with E-state index in [1.165, 1.54) is 6.08 Å². The van der Waals surface area contributed by atoms with E-state index in [1.54, 1.807) is 35.0 Å². The second kappa shape index (κ2) is 7.19. The van der Waals surface area contributed by atoms with Crippen LogP contribution in [0.25, 0.3) is 17.0 Å². The van der Waals surface area contributed by atoms with Crippen LogP contribution in [0.15, 0.2) is 60.9 Å². The molecule has 1 aromatic heterocycles. The van der Waals surface area contributed by atoms with Crippen molar-refractivity contribution in [3.05, 3.63) is 81.6 Å². The Hall–Kier alpha value is -3.12. The summed E-state index contributed by atoms with van der Waals surface area (Å²) in [4.78, 5) is 22.3. The van der Waals surface area contributed by atoms with E-state index in [0.717, 1.165) is 17.1 Å². The second-order valence-electron chi connectivity index (χ2n) is 5.39. The van der Waals surface area contributed by atoms with Gasteiger partial charge in [-0.15, -0.1) is 0 Å². The van der Waals surface area contributed by atoms with E-state index in [1.807, 2.05) is 24.3 Å².